The Kier molecular flexibility index (Phi) is 3.66. The summed E-state index contributed by atoms with van der Waals surface area (Å²) >= 11 is 0. The highest BCUT2D eigenvalue weighted by atomic mass is 16.5. The number of hydrogen-bond donors (Lipinski definition) is 0. The predicted octanol–water partition coefficient (Wildman–Crippen LogP) is 1.18. The van der Waals surface area contributed by atoms with E-state index in [-0.39, 0.29) is 6.04 Å². The molecule has 2 heterocycles. The third-order valence-electron chi connectivity index (χ3n) is 3.45. The van der Waals surface area contributed by atoms with Crippen LogP contribution in [0.5, 0.6) is 0 Å². The Morgan fingerprint density at radius 3 is 2.90 bits per heavy atom. The summed E-state index contributed by atoms with van der Waals surface area (Å²) in [6.07, 6.45) is 0. The Hall–Kier alpha value is -1.92. The van der Waals surface area contributed by atoms with Gasteiger partial charge in [0.05, 0.1) is 13.2 Å². The van der Waals surface area contributed by atoms with Crippen LogP contribution in [-0.2, 0) is 11.4 Å². The maximum Gasteiger partial charge on any atom is 0.438 e. The number of ether oxygens (including phenoxy) is 1. The van der Waals surface area contributed by atoms with E-state index in [1.807, 2.05) is 30.3 Å². The summed E-state index contributed by atoms with van der Waals surface area (Å²) in [5.74, 6) is -0.0703. The van der Waals surface area contributed by atoms with Gasteiger partial charge in [0, 0.05) is 18.2 Å². The standard InChI is InChI=1S/C14H17N3O3/c1-11-9-19-8-7-16(11)10-17-14(18)20-13(15-17)12-5-3-2-4-6-12/h2-6,11H,7-10H2,1H3. The zero-order valence-electron chi connectivity index (χ0n) is 11.4. The lowest BCUT2D eigenvalue weighted by Gasteiger charge is -2.32. The van der Waals surface area contributed by atoms with Crippen LogP contribution >= 0.6 is 0 Å². The van der Waals surface area contributed by atoms with Crippen molar-refractivity contribution in [3.63, 3.8) is 0 Å². The molecule has 0 spiro atoms. The van der Waals surface area contributed by atoms with Crippen molar-refractivity contribution >= 4 is 0 Å². The van der Waals surface area contributed by atoms with Crippen molar-refractivity contribution in [1.82, 2.24) is 14.7 Å². The van der Waals surface area contributed by atoms with E-state index in [0.29, 0.717) is 25.8 Å². The molecule has 0 N–H and O–H groups in total. The lowest BCUT2D eigenvalue weighted by Crippen LogP contribution is -2.45. The van der Waals surface area contributed by atoms with E-state index in [1.54, 1.807) is 0 Å². The third kappa shape index (κ3) is 2.66. The van der Waals surface area contributed by atoms with Gasteiger partial charge in [-0.15, -0.1) is 5.10 Å². The number of hydrogen-bond acceptors (Lipinski definition) is 5. The van der Waals surface area contributed by atoms with E-state index < -0.39 is 5.76 Å². The largest absolute Gasteiger partial charge is 0.438 e. The van der Waals surface area contributed by atoms with E-state index in [0.717, 1.165) is 12.1 Å². The molecular formula is C14H17N3O3. The molecule has 1 atom stereocenters. The van der Waals surface area contributed by atoms with Crippen molar-refractivity contribution in [2.45, 2.75) is 19.6 Å². The van der Waals surface area contributed by atoms with Gasteiger partial charge in [-0.2, -0.15) is 4.68 Å². The minimum atomic E-state index is -0.428. The smallest absolute Gasteiger partial charge is 0.388 e. The average Bonchev–Trinajstić information content (AvgIpc) is 2.84. The van der Waals surface area contributed by atoms with Gasteiger partial charge in [-0.05, 0) is 19.1 Å². The van der Waals surface area contributed by atoms with Crippen molar-refractivity contribution in [2.75, 3.05) is 19.8 Å². The Bertz CT molecular complexity index is 620. The molecule has 1 aromatic carbocycles. The maximum atomic E-state index is 11.9. The summed E-state index contributed by atoms with van der Waals surface area (Å²) < 4.78 is 12.0. The molecular weight excluding hydrogens is 258 g/mol. The molecule has 1 aliphatic heterocycles. The molecule has 20 heavy (non-hydrogen) atoms. The van der Waals surface area contributed by atoms with Crippen LogP contribution in [0.1, 0.15) is 6.92 Å². The van der Waals surface area contributed by atoms with Gasteiger partial charge in [0.1, 0.15) is 6.67 Å². The summed E-state index contributed by atoms with van der Waals surface area (Å²) in [6, 6.07) is 9.69. The first-order chi connectivity index (χ1) is 9.74. The fraction of sp³-hybridized carbons (Fsp3) is 0.429. The molecule has 1 aromatic heterocycles. The molecule has 6 heteroatoms. The van der Waals surface area contributed by atoms with Gasteiger partial charge in [-0.3, -0.25) is 4.90 Å². The molecule has 0 radical (unpaired) electrons. The zero-order chi connectivity index (χ0) is 13.9. The summed E-state index contributed by atoms with van der Waals surface area (Å²) in [5.41, 5.74) is 0.804. The second-order valence-electron chi connectivity index (χ2n) is 4.92. The first-order valence-corrected chi connectivity index (χ1v) is 6.69. The lowest BCUT2D eigenvalue weighted by molar-refractivity contribution is -0.0182. The first-order valence-electron chi connectivity index (χ1n) is 6.69. The van der Waals surface area contributed by atoms with Crippen molar-refractivity contribution in [2.24, 2.45) is 0 Å². The van der Waals surface area contributed by atoms with Crippen LogP contribution in [0, 0.1) is 0 Å². The van der Waals surface area contributed by atoms with Crippen molar-refractivity contribution in [3.8, 4) is 11.5 Å². The predicted molar refractivity (Wildman–Crippen MR) is 73.2 cm³/mol. The number of nitrogens with zero attached hydrogens (tertiary/aromatic N) is 3. The van der Waals surface area contributed by atoms with Gasteiger partial charge in [-0.25, -0.2) is 4.79 Å². The van der Waals surface area contributed by atoms with Gasteiger partial charge >= 0.3 is 5.76 Å². The summed E-state index contributed by atoms with van der Waals surface area (Å²) in [5, 5.41) is 4.26. The number of morpholine rings is 1. The number of benzene rings is 1. The second-order valence-corrected chi connectivity index (χ2v) is 4.92. The number of rotatable bonds is 3. The van der Waals surface area contributed by atoms with E-state index in [1.165, 1.54) is 4.68 Å². The second kappa shape index (κ2) is 5.60. The normalized spacial score (nSPS) is 20.1. The summed E-state index contributed by atoms with van der Waals surface area (Å²) in [6.45, 7) is 4.66. The van der Waals surface area contributed by atoms with Crippen molar-refractivity contribution in [3.05, 3.63) is 40.9 Å². The quantitative estimate of drug-likeness (QED) is 0.842. The van der Waals surface area contributed by atoms with Crippen molar-refractivity contribution < 1.29 is 9.15 Å². The van der Waals surface area contributed by atoms with Gasteiger partial charge in [0.2, 0.25) is 5.89 Å². The third-order valence-corrected chi connectivity index (χ3v) is 3.45. The van der Waals surface area contributed by atoms with Crippen LogP contribution in [0.3, 0.4) is 0 Å². The minimum absolute atomic E-state index is 0.271. The van der Waals surface area contributed by atoms with E-state index in [9.17, 15) is 4.79 Å². The van der Waals surface area contributed by atoms with Gasteiger partial charge in [-0.1, -0.05) is 18.2 Å². The molecule has 106 valence electrons. The Morgan fingerprint density at radius 2 is 2.15 bits per heavy atom. The molecule has 1 aliphatic rings. The molecule has 2 aromatic rings. The van der Waals surface area contributed by atoms with E-state index in [4.69, 9.17) is 9.15 Å². The van der Waals surface area contributed by atoms with Gasteiger partial charge in [0.15, 0.2) is 0 Å². The highest BCUT2D eigenvalue weighted by Gasteiger charge is 2.21. The maximum absolute atomic E-state index is 11.9. The van der Waals surface area contributed by atoms with Crippen LogP contribution < -0.4 is 5.76 Å². The molecule has 0 aliphatic carbocycles. The minimum Gasteiger partial charge on any atom is -0.388 e. The Balaban J connectivity index is 1.81. The zero-order valence-corrected chi connectivity index (χ0v) is 11.4. The number of aromatic nitrogens is 2. The molecule has 0 bridgehead atoms. The molecule has 1 unspecified atom stereocenters. The molecule has 0 amide bonds. The van der Waals surface area contributed by atoms with Gasteiger partial charge < -0.3 is 9.15 Å². The lowest BCUT2D eigenvalue weighted by atomic mass is 10.2. The van der Waals surface area contributed by atoms with Crippen molar-refractivity contribution in [1.29, 1.82) is 0 Å². The van der Waals surface area contributed by atoms with Crippen LogP contribution in [0.2, 0.25) is 0 Å². The van der Waals surface area contributed by atoms with E-state index in [2.05, 4.69) is 16.9 Å². The molecule has 6 nitrogen and oxygen atoms in total. The summed E-state index contributed by atoms with van der Waals surface area (Å²) in [4.78, 5) is 14.0. The SMILES string of the molecule is CC1COCCN1Cn1nc(-c2ccccc2)oc1=O. The molecule has 1 fully saturated rings. The fourth-order valence-electron chi connectivity index (χ4n) is 2.24. The van der Waals surface area contributed by atoms with Gasteiger partial charge in [0.25, 0.3) is 0 Å². The van der Waals surface area contributed by atoms with Crippen LogP contribution in [0.4, 0.5) is 0 Å². The highest BCUT2D eigenvalue weighted by Crippen LogP contribution is 2.14. The topological polar surface area (TPSA) is 60.5 Å². The van der Waals surface area contributed by atoms with E-state index >= 15 is 0 Å². The Morgan fingerprint density at radius 1 is 1.35 bits per heavy atom. The highest BCUT2D eigenvalue weighted by molar-refractivity contribution is 5.51. The monoisotopic (exact) mass is 275 g/mol. The molecule has 0 saturated carbocycles. The van der Waals surface area contributed by atoms with Crippen LogP contribution in [-0.4, -0.2) is 40.5 Å². The first kappa shape index (κ1) is 13.1. The molecule has 1 saturated heterocycles. The Labute approximate surface area is 116 Å². The van der Waals surface area contributed by atoms with Crippen LogP contribution in [0.15, 0.2) is 39.5 Å². The fourth-order valence-corrected chi connectivity index (χ4v) is 2.24. The van der Waals surface area contributed by atoms with Crippen LogP contribution in [0.25, 0.3) is 11.5 Å². The summed E-state index contributed by atoms with van der Waals surface area (Å²) in [7, 11) is 0. The molecule has 3 rings (SSSR count). The average molecular weight is 275 g/mol.